The molecule has 138 valence electrons. The van der Waals surface area contributed by atoms with Crippen LogP contribution in [-0.4, -0.2) is 0 Å². The van der Waals surface area contributed by atoms with Crippen molar-refractivity contribution in [2.75, 3.05) is 0 Å². The van der Waals surface area contributed by atoms with Crippen LogP contribution in [0.2, 0.25) is 0 Å². The van der Waals surface area contributed by atoms with E-state index in [0.717, 1.165) is 22.6 Å². The lowest BCUT2D eigenvalue weighted by Crippen LogP contribution is -2.13. The summed E-state index contributed by atoms with van der Waals surface area (Å²) in [6, 6.07) is 14.3. The van der Waals surface area contributed by atoms with Gasteiger partial charge in [0.15, 0.2) is 0 Å². The molecular weight excluding hydrogens is 331 g/mol. The summed E-state index contributed by atoms with van der Waals surface area (Å²) >= 11 is 0. The molecule has 0 unspecified atom stereocenters. The van der Waals surface area contributed by atoms with Gasteiger partial charge in [0.05, 0.1) is 0 Å². The Morgan fingerprint density at radius 3 is 1.85 bits per heavy atom. The summed E-state index contributed by atoms with van der Waals surface area (Å²) < 4.78 is 12.9. The topological polar surface area (TPSA) is 0 Å². The molecule has 1 fully saturated rings. The van der Waals surface area contributed by atoms with Crippen LogP contribution in [-0.2, 0) is 0 Å². The number of unbranched alkanes of at least 4 members (excludes halogenated alkanes) is 1. The van der Waals surface area contributed by atoms with Crippen LogP contribution >= 0.6 is 0 Å². The molecule has 1 aliphatic carbocycles. The van der Waals surface area contributed by atoms with Crippen LogP contribution in [0.3, 0.4) is 0 Å². The first-order valence-corrected chi connectivity index (χ1v) is 10.1. The molecule has 27 heavy (non-hydrogen) atoms. The third-order valence-corrected chi connectivity index (χ3v) is 5.31. The van der Waals surface area contributed by atoms with Crippen molar-refractivity contribution >= 4 is 0 Å². The van der Waals surface area contributed by atoms with Crippen LogP contribution in [0.15, 0.2) is 48.5 Å². The average Bonchev–Trinajstić information content (AvgIpc) is 2.72. The largest absolute Gasteiger partial charge is 0.207 e. The van der Waals surface area contributed by atoms with Gasteiger partial charge in [-0.2, -0.15) is 0 Å². The zero-order chi connectivity index (χ0) is 18.9. The molecule has 0 N–H and O–H groups in total. The smallest absolute Gasteiger partial charge is 0.123 e. The Kier molecular flexibility index (Phi) is 7.12. The first-order chi connectivity index (χ1) is 13.2. The molecule has 0 bridgehead atoms. The lowest BCUT2D eigenvalue weighted by Gasteiger charge is -2.25. The van der Waals surface area contributed by atoms with Crippen molar-refractivity contribution in [3.63, 3.8) is 0 Å². The summed E-state index contributed by atoms with van der Waals surface area (Å²) in [6.45, 7) is 2.27. The van der Waals surface area contributed by atoms with Gasteiger partial charge < -0.3 is 0 Å². The Morgan fingerprint density at radius 2 is 1.30 bits per heavy atom. The Labute approximate surface area is 163 Å². The van der Waals surface area contributed by atoms with Crippen LogP contribution in [0, 0.1) is 41.3 Å². The first kappa shape index (κ1) is 19.3. The second-order valence-electron chi connectivity index (χ2n) is 7.46. The molecule has 2 aromatic carbocycles. The van der Waals surface area contributed by atoms with E-state index in [0.29, 0.717) is 5.92 Å². The highest BCUT2D eigenvalue weighted by Gasteiger charge is 2.19. The maximum absolute atomic E-state index is 12.9. The van der Waals surface area contributed by atoms with Gasteiger partial charge in [0.2, 0.25) is 0 Å². The second-order valence-corrected chi connectivity index (χ2v) is 7.46. The van der Waals surface area contributed by atoms with Crippen molar-refractivity contribution in [3.05, 3.63) is 71.0 Å². The van der Waals surface area contributed by atoms with E-state index in [4.69, 9.17) is 0 Å². The van der Waals surface area contributed by atoms with Gasteiger partial charge in [-0.25, -0.2) is 4.39 Å². The highest BCUT2D eigenvalue weighted by molar-refractivity contribution is 5.45. The summed E-state index contributed by atoms with van der Waals surface area (Å²) in [4.78, 5) is 0. The minimum absolute atomic E-state index is 0.238. The van der Waals surface area contributed by atoms with Gasteiger partial charge in [0, 0.05) is 22.6 Å². The van der Waals surface area contributed by atoms with Crippen molar-refractivity contribution in [1.29, 1.82) is 0 Å². The van der Waals surface area contributed by atoms with E-state index in [1.165, 1.54) is 57.1 Å². The molecule has 1 aliphatic rings. The fourth-order valence-corrected chi connectivity index (χ4v) is 3.59. The van der Waals surface area contributed by atoms with Crippen LogP contribution in [0.4, 0.5) is 4.39 Å². The number of hydrogen-bond donors (Lipinski definition) is 0. The highest BCUT2D eigenvalue weighted by Crippen LogP contribution is 2.31. The molecule has 1 saturated carbocycles. The zero-order valence-corrected chi connectivity index (χ0v) is 16.1. The number of rotatable bonds is 3. The monoisotopic (exact) mass is 358 g/mol. The fourth-order valence-electron chi connectivity index (χ4n) is 3.59. The van der Waals surface area contributed by atoms with E-state index in [2.05, 4.69) is 30.6 Å². The van der Waals surface area contributed by atoms with E-state index in [1.807, 2.05) is 24.3 Å². The van der Waals surface area contributed by atoms with Crippen molar-refractivity contribution < 1.29 is 4.39 Å². The van der Waals surface area contributed by atoms with Crippen LogP contribution < -0.4 is 0 Å². The quantitative estimate of drug-likeness (QED) is 0.544. The van der Waals surface area contributed by atoms with Crippen molar-refractivity contribution in [1.82, 2.24) is 0 Å². The molecular formula is C26H27F. The average molecular weight is 359 g/mol. The first-order valence-electron chi connectivity index (χ1n) is 10.1. The summed E-state index contributed by atoms with van der Waals surface area (Å²) in [6.07, 6.45) is 9.28. The molecule has 3 rings (SSSR count). The normalized spacial score (nSPS) is 18.7. The molecule has 1 heteroatoms. The van der Waals surface area contributed by atoms with Crippen LogP contribution in [0.1, 0.15) is 68.6 Å². The van der Waals surface area contributed by atoms with E-state index < -0.39 is 0 Å². The van der Waals surface area contributed by atoms with Crippen molar-refractivity contribution in [2.24, 2.45) is 11.8 Å². The Bertz CT molecular complexity index is 830. The van der Waals surface area contributed by atoms with Gasteiger partial charge in [0.1, 0.15) is 5.82 Å². The fraction of sp³-hybridized carbons (Fsp3) is 0.385. The molecule has 0 aromatic heterocycles. The molecule has 0 nitrogen and oxygen atoms in total. The molecule has 0 radical (unpaired) electrons. The van der Waals surface area contributed by atoms with E-state index in [1.54, 1.807) is 12.1 Å². The van der Waals surface area contributed by atoms with Gasteiger partial charge in [-0.15, -0.1) is 0 Å². The van der Waals surface area contributed by atoms with Gasteiger partial charge in [-0.1, -0.05) is 49.9 Å². The van der Waals surface area contributed by atoms with E-state index in [-0.39, 0.29) is 5.82 Å². The predicted octanol–water partition coefficient (Wildman–Crippen LogP) is 6.57. The molecule has 0 amide bonds. The molecule has 0 heterocycles. The summed E-state index contributed by atoms with van der Waals surface area (Å²) in [7, 11) is 0. The zero-order valence-electron chi connectivity index (χ0n) is 16.1. The minimum atomic E-state index is -0.238. The van der Waals surface area contributed by atoms with Gasteiger partial charge >= 0.3 is 0 Å². The molecule has 0 saturated heterocycles. The van der Waals surface area contributed by atoms with E-state index >= 15 is 0 Å². The van der Waals surface area contributed by atoms with Crippen LogP contribution in [0.25, 0.3) is 0 Å². The molecule has 2 aromatic rings. The maximum atomic E-state index is 12.9. The lowest BCUT2D eigenvalue weighted by molar-refractivity contribution is 0.296. The third-order valence-electron chi connectivity index (χ3n) is 5.31. The maximum Gasteiger partial charge on any atom is 0.123 e. The Hall–Kier alpha value is -2.51. The predicted molar refractivity (Wildman–Crippen MR) is 111 cm³/mol. The molecule has 0 spiro atoms. The number of hydrogen-bond acceptors (Lipinski definition) is 0. The van der Waals surface area contributed by atoms with Gasteiger partial charge in [-0.3, -0.25) is 0 Å². The van der Waals surface area contributed by atoms with Crippen LogP contribution in [0.5, 0.6) is 0 Å². The van der Waals surface area contributed by atoms with Gasteiger partial charge in [-0.05, 0) is 80.1 Å². The standard InChI is InChI=1S/C26H27F/c1-2-3-4-21-5-7-22(8-6-21)9-10-23-11-13-24(14-12-23)15-16-25-17-19-26(27)20-18-25/h11-14,17-22H,2-8H2,1H3. The van der Waals surface area contributed by atoms with E-state index in [9.17, 15) is 4.39 Å². The summed E-state index contributed by atoms with van der Waals surface area (Å²) in [5.74, 6) is 14.2. The Balaban J connectivity index is 1.53. The van der Waals surface area contributed by atoms with Crippen molar-refractivity contribution in [2.45, 2.75) is 51.9 Å². The lowest BCUT2D eigenvalue weighted by atomic mass is 9.80. The minimum Gasteiger partial charge on any atom is -0.207 e. The highest BCUT2D eigenvalue weighted by atomic mass is 19.1. The second kappa shape index (κ2) is 9.99. The SMILES string of the molecule is CCCCC1CCC(C#Cc2ccc(C#Cc3ccc(F)cc3)cc2)CC1. The molecule has 0 atom stereocenters. The summed E-state index contributed by atoms with van der Waals surface area (Å²) in [5, 5.41) is 0. The third kappa shape index (κ3) is 6.30. The van der Waals surface area contributed by atoms with Crippen molar-refractivity contribution in [3.8, 4) is 23.7 Å². The number of benzene rings is 2. The number of halogens is 1. The summed E-state index contributed by atoms with van der Waals surface area (Å²) in [5.41, 5.74) is 2.81. The van der Waals surface area contributed by atoms with Gasteiger partial charge in [0.25, 0.3) is 0 Å². The molecule has 0 aliphatic heterocycles. The Morgan fingerprint density at radius 1 is 0.778 bits per heavy atom.